The number of para-hydroxylation sites is 1. The molecule has 1 aliphatic carbocycles. The summed E-state index contributed by atoms with van der Waals surface area (Å²) in [5, 5.41) is 4.20. The van der Waals surface area contributed by atoms with Crippen LogP contribution in [0.25, 0.3) is 10.9 Å². The Morgan fingerprint density at radius 1 is 0.875 bits per heavy atom. The lowest BCUT2D eigenvalue weighted by Crippen LogP contribution is -2.31. The lowest BCUT2D eigenvalue weighted by molar-refractivity contribution is 0.0941. The molecular weight excluding hydrogens is 496 g/mol. The number of carbonyl (C=O) groups excluding carboxylic acids is 1. The first-order chi connectivity index (χ1) is 19.4. The molecule has 40 heavy (non-hydrogen) atoms. The van der Waals surface area contributed by atoms with E-state index < -0.39 is 0 Å². The van der Waals surface area contributed by atoms with Gasteiger partial charge in [0.1, 0.15) is 24.0 Å². The van der Waals surface area contributed by atoms with Gasteiger partial charge in [0.05, 0.1) is 5.52 Å². The monoisotopic (exact) mass is 538 g/mol. The van der Waals surface area contributed by atoms with Gasteiger partial charge in [-0.25, -0.2) is 9.97 Å². The Balaban J connectivity index is 0.000000222. The summed E-state index contributed by atoms with van der Waals surface area (Å²) in [6.07, 6.45) is 6.39. The predicted molar refractivity (Wildman–Crippen MR) is 164 cm³/mol. The van der Waals surface area contributed by atoms with Gasteiger partial charge in [-0.05, 0) is 73.6 Å². The minimum absolute atomic E-state index is 0.0113. The lowest BCUT2D eigenvalue weighted by atomic mass is 9.81. The normalized spacial score (nSPS) is 16.5. The molecule has 1 amide bonds. The molecule has 0 aliphatic heterocycles. The summed E-state index contributed by atoms with van der Waals surface area (Å²) in [4.78, 5) is 23.2. The highest BCUT2D eigenvalue weighted by molar-refractivity contribution is 5.94. The van der Waals surface area contributed by atoms with Crippen LogP contribution in [0.15, 0.2) is 78.9 Å². The van der Waals surface area contributed by atoms with Crippen molar-refractivity contribution in [1.29, 1.82) is 0 Å². The summed E-state index contributed by atoms with van der Waals surface area (Å²) in [7, 11) is 3.99. The number of fused-ring (bicyclic) bond motifs is 1. The van der Waals surface area contributed by atoms with Crippen LogP contribution < -0.4 is 15.0 Å². The second kappa shape index (κ2) is 14.5. The first-order valence-electron chi connectivity index (χ1n) is 14.4. The van der Waals surface area contributed by atoms with E-state index in [4.69, 9.17) is 4.74 Å². The van der Waals surface area contributed by atoms with E-state index in [0.29, 0.717) is 18.1 Å². The van der Waals surface area contributed by atoms with Gasteiger partial charge in [-0.2, -0.15) is 0 Å². The number of benzene rings is 3. The van der Waals surface area contributed by atoms with Gasteiger partial charge in [0.15, 0.2) is 0 Å². The number of aryl methyl sites for hydroxylation is 1. The van der Waals surface area contributed by atoms with E-state index in [9.17, 15) is 4.79 Å². The number of hydrogen-bond acceptors (Lipinski definition) is 5. The van der Waals surface area contributed by atoms with Crippen LogP contribution in [-0.2, 0) is 6.61 Å². The smallest absolute Gasteiger partial charge is 0.251 e. The van der Waals surface area contributed by atoms with Gasteiger partial charge in [0.25, 0.3) is 5.91 Å². The van der Waals surface area contributed by atoms with Crippen LogP contribution in [-0.4, -0.2) is 36.5 Å². The fourth-order valence-electron chi connectivity index (χ4n) is 5.14. The van der Waals surface area contributed by atoms with Crippen molar-refractivity contribution in [1.82, 2.24) is 15.3 Å². The topological polar surface area (TPSA) is 67.3 Å². The molecule has 0 unspecified atom stereocenters. The zero-order valence-electron chi connectivity index (χ0n) is 24.3. The third-order valence-electron chi connectivity index (χ3n) is 7.58. The van der Waals surface area contributed by atoms with Crippen molar-refractivity contribution in [3.8, 4) is 5.75 Å². The van der Waals surface area contributed by atoms with Gasteiger partial charge >= 0.3 is 0 Å². The molecule has 1 saturated carbocycles. The summed E-state index contributed by atoms with van der Waals surface area (Å²) in [6, 6.07) is 25.5. The molecule has 6 nitrogen and oxygen atoms in total. The zero-order valence-corrected chi connectivity index (χ0v) is 24.3. The highest BCUT2D eigenvalue weighted by atomic mass is 16.5. The summed E-state index contributed by atoms with van der Waals surface area (Å²) in [6.45, 7) is 5.52. The minimum atomic E-state index is 0.0113. The van der Waals surface area contributed by atoms with E-state index in [-0.39, 0.29) is 5.91 Å². The standard InChI is InChI=1S/C23H29NO2.C11H13N3/c1-2-18-8-10-19(11-9-18)16-24-23(25)21-12-14-22(15-13-21)26-17-20-6-4-3-5-7-20;1-8-12-10-7-5-4-6-9(10)11(13-8)14(2)3/h3-7,12-15,18-19H,2,8-11,16-17H2,1H3,(H,24,25);4-7H,1-3H3. The summed E-state index contributed by atoms with van der Waals surface area (Å²) in [5.74, 6) is 4.11. The van der Waals surface area contributed by atoms with Crippen molar-refractivity contribution in [2.24, 2.45) is 11.8 Å². The van der Waals surface area contributed by atoms with Crippen molar-refractivity contribution < 1.29 is 9.53 Å². The first kappa shape index (κ1) is 29.1. The molecule has 1 aliphatic rings. The number of carbonyl (C=O) groups is 1. The summed E-state index contributed by atoms with van der Waals surface area (Å²) < 4.78 is 5.77. The Morgan fingerprint density at radius 2 is 1.52 bits per heavy atom. The molecule has 0 radical (unpaired) electrons. The van der Waals surface area contributed by atoms with Crippen LogP contribution in [0.2, 0.25) is 0 Å². The molecule has 1 heterocycles. The molecular formula is C34H42N4O2. The van der Waals surface area contributed by atoms with E-state index in [1.165, 1.54) is 32.1 Å². The van der Waals surface area contributed by atoms with Crippen LogP contribution >= 0.6 is 0 Å². The Bertz CT molecular complexity index is 1350. The van der Waals surface area contributed by atoms with Crippen LogP contribution in [0.4, 0.5) is 5.82 Å². The molecule has 1 N–H and O–H groups in total. The van der Waals surface area contributed by atoms with E-state index in [2.05, 4.69) is 22.2 Å². The molecule has 0 spiro atoms. The third kappa shape index (κ3) is 8.28. The van der Waals surface area contributed by atoms with Crippen molar-refractivity contribution in [2.75, 3.05) is 25.5 Å². The van der Waals surface area contributed by atoms with E-state index in [1.807, 2.05) is 105 Å². The Hall–Kier alpha value is -3.93. The zero-order chi connectivity index (χ0) is 28.3. The van der Waals surface area contributed by atoms with Crippen molar-refractivity contribution >= 4 is 22.6 Å². The molecule has 1 aromatic heterocycles. The molecule has 3 aromatic carbocycles. The molecule has 0 saturated heterocycles. The maximum Gasteiger partial charge on any atom is 0.251 e. The van der Waals surface area contributed by atoms with Crippen molar-refractivity contribution in [3.05, 3.63) is 95.8 Å². The third-order valence-corrected chi connectivity index (χ3v) is 7.58. The largest absolute Gasteiger partial charge is 0.489 e. The number of nitrogens with one attached hydrogen (secondary N) is 1. The van der Waals surface area contributed by atoms with Gasteiger partial charge in [0.2, 0.25) is 0 Å². The van der Waals surface area contributed by atoms with Gasteiger partial charge in [-0.3, -0.25) is 4.79 Å². The average molecular weight is 539 g/mol. The number of anilines is 1. The average Bonchev–Trinajstić information content (AvgIpc) is 2.99. The van der Waals surface area contributed by atoms with E-state index in [0.717, 1.165) is 46.3 Å². The van der Waals surface area contributed by atoms with Crippen LogP contribution in [0.3, 0.4) is 0 Å². The number of ether oxygens (including phenoxy) is 1. The molecule has 4 aromatic rings. The predicted octanol–water partition coefficient (Wildman–Crippen LogP) is 7.22. The van der Waals surface area contributed by atoms with Crippen LogP contribution in [0.5, 0.6) is 5.75 Å². The van der Waals surface area contributed by atoms with Gasteiger partial charge < -0.3 is 15.0 Å². The maximum absolute atomic E-state index is 12.3. The molecule has 0 bridgehead atoms. The second-order valence-electron chi connectivity index (χ2n) is 10.8. The number of amides is 1. The van der Waals surface area contributed by atoms with Crippen molar-refractivity contribution in [3.63, 3.8) is 0 Å². The van der Waals surface area contributed by atoms with Gasteiger partial charge in [0, 0.05) is 31.6 Å². The van der Waals surface area contributed by atoms with Gasteiger partial charge in [-0.15, -0.1) is 0 Å². The molecule has 210 valence electrons. The van der Waals surface area contributed by atoms with Crippen LogP contribution in [0, 0.1) is 18.8 Å². The minimum Gasteiger partial charge on any atom is -0.489 e. The quantitative estimate of drug-likeness (QED) is 0.257. The summed E-state index contributed by atoms with van der Waals surface area (Å²) >= 11 is 0. The molecule has 1 fully saturated rings. The molecule has 0 atom stereocenters. The van der Waals surface area contributed by atoms with Gasteiger partial charge in [-0.1, -0.05) is 68.7 Å². The number of rotatable bonds is 8. The number of aromatic nitrogens is 2. The Morgan fingerprint density at radius 3 is 2.20 bits per heavy atom. The fraction of sp³-hybridized carbons (Fsp3) is 0.382. The summed E-state index contributed by atoms with van der Waals surface area (Å²) in [5.41, 5.74) is 2.83. The lowest BCUT2D eigenvalue weighted by Gasteiger charge is -2.27. The highest BCUT2D eigenvalue weighted by Crippen LogP contribution is 2.30. The van der Waals surface area contributed by atoms with E-state index in [1.54, 1.807) is 0 Å². The Labute approximate surface area is 238 Å². The molecule has 6 heteroatoms. The Kier molecular flexibility index (Phi) is 10.5. The number of hydrogen-bond donors (Lipinski definition) is 1. The van der Waals surface area contributed by atoms with E-state index >= 15 is 0 Å². The number of nitrogens with zero attached hydrogens (tertiary/aromatic N) is 3. The highest BCUT2D eigenvalue weighted by Gasteiger charge is 2.20. The SMILES string of the molecule is CCC1CCC(CNC(=O)c2ccc(OCc3ccccc3)cc2)CC1.Cc1nc(N(C)C)c2ccccc2n1. The first-order valence-corrected chi connectivity index (χ1v) is 14.4. The second-order valence-corrected chi connectivity index (χ2v) is 10.8. The fourth-order valence-corrected chi connectivity index (χ4v) is 5.14. The van der Waals surface area contributed by atoms with Crippen LogP contribution in [0.1, 0.15) is 60.8 Å². The maximum atomic E-state index is 12.3. The molecule has 5 rings (SSSR count). The van der Waals surface area contributed by atoms with Crippen molar-refractivity contribution in [2.45, 2.75) is 52.6 Å².